The van der Waals surface area contributed by atoms with Gasteiger partial charge in [0.2, 0.25) is 0 Å². The van der Waals surface area contributed by atoms with Crippen molar-refractivity contribution in [3.8, 4) is 0 Å². The summed E-state index contributed by atoms with van der Waals surface area (Å²) in [6, 6.07) is 10.1. The molecule has 0 amide bonds. The van der Waals surface area contributed by atoms with Crippen molar-refractivity contribution in [2.75, 3.05) is 13.7 Å². The number of thiocarbonyl (C=S) groups is 1. The van der Waals surface area contributed by atoms with Crippen molar-refractivity contribution in [3.05, 3.63) is 35.9 Å². The Hall–Kier alpha value is -1.42. The topological polar surface area (TPSA) is 29.5 Å². The molecule has 1 aromatic carbocycles. The van der Waals surface area contributed by atoms with Gasteiger partial charge in [-0.25, -0.2) is 0 Å². The molecular formula is C13H15NO2S. The third kappa shape index (κ3) is 2.82. The number of likely N-dealkylation sites (tertiary alicyclic amines) is 1. The maximum atomic E-state index is 11.4. The highest BCUT2D eigenvalue weighted by molar-refractivity contribution is 7.80. The van der Waals surface area contributed by atoms with E-state index in [4.69, 9.17) is 17.0 Å². The van der Waals surface area contributed by atoms with Crippen LogP contribution in [0.1, 0.15) is 12.0 Å². The summed E-state index contributed by atoms with van der Waals surface area (Å²) in [6.45, 7) is 1.44. The number of hydrogen-bond acceptors (Lipinski definition) is 3. The molecule has 90 valence electrons. The Labute approximate surface area is 106 Å². The van der Waals surface area contributed by atoms with E-state index in [9.17, 15) is 4.79 Å². The number of methoxy groups -OCH3 is 1. The fourth-order valence-corrected chi connectivity index (χ4v) is 2.39. The highest BCUT2D eigenvalue weighted by Gasteiger charge is 2.32. The summed E-state index contributed by atoms with van der Waals surface area (Å²) in [5.41, 5.74) is 1.21. The van der Waals surface area contributed by atoms with Gasteiger partial charge in [0, 0.05) is 19.5 Å². The van der Waals surface area contributed by atoms with Crippen molar-refractivity contribution in [2.24, 2.45) is 5.92 Å². The average Bonchev–Trinajstić information content (AvgIpc) is 2.71. The van der Waals surface area contributed by atoms with Crippen molar-refractivity contribution >= 4 is 23.2 Å². The number of ether oxygens (including phenoxy) is 1. The lowest BCUT2D eigenvalue weighted by atomic mass is 10.1. The van der Waals surface area contributed by atoms with E-state index in [1.165, 1.54) is 12.7 Å². The molecule has 1 heterocycles. The van der Waals surface area contributed by atoms with Crippen LogP contribution in [0.25, 0.3) is 0 Å². The van der Waals surface area contributed by atoms with Crippen molar-refractivity contribution in [3.63, 3.8) is 0 Å². The Morgan fingerprint density at radius 1 is 1.47 bits per heavy atom. The minimum absolute atomic E-state index is 0.101. The number of rotatable bonds is 3. The SMILES string of the molecule is COC(=O)[C@@H]1CC(=S)N(Cc2ccccc2)C1. The number of benzene rings is 1. The van der Waals surface area contributed by atoms with Crippen LogP contribution in [0, 0.1) is 5.92 Å². The molecule has 0 aromatic heterocycles. The zero-order valence-electron chi connectivity index (χ0n) is 9.76. The second-order valence-electron chi connectivity index (χ2n) is 4.18. The van der Waals surface area contributed by atoms with E-state index in [1.807, 2.05) is 18.2 Å². The number of nitrogens with zero attached hydrogens (tertiary/aromatic N) is 1. The van der Waals surface area contributed by atoms with E-state index in [-0.39, 0.29) is 11.9 Å². The summed E-state index contributed by atoms with van der Waals surface area (Å²) in [7, 11) is 1.42. The molecule has 4 heteroatoms. The third-order valence-electron chi connectivity index (χ3n) is 2.97. The lowest BCUT2D eigenvalue weighted by Gasteiger charge is -2.18. The minimum atomic E-state index is -0.164. The second-order valence-corrected chi connectivity index (χ2v) is 4.66. The molecule has 1 saturated heterocycles. The standard InChI is InChI=1S/C13H15NO2S/c1-16-13(15)11-7-12(17)14(9-11)8-10-5-3-2-4-6-10/h2-6,11H,7-9H2,1H3/t11-/m1/s1. The summed E-state index contributed by atoms with van der Waals surface area (Å²) in [6.07, 6.45) is 0.634. The molecule has 0 unspecified atom stereocenters. The number of esters is 1. The molecule has 1 aliphatic rings. The predicted molar refractivity (Wildman–Crippen MR) is 69.6 cm³/mol. The predicted octanol–water partition coefficient (Wildman–Crippen LogP) is 2.01. The Bertz CT molecular complexity index is 419. The largest absolute Gasteiger partial charge is 0.469 e. The van der Waals surface area contributed by atoms with Crippen LogP contribution < -0.4 is 0 Å². The van der Waals surface area contributed by atoms with Crippen LogP contribution in [0.15, 0.2) is 30.3 Å². The Kier molecular flexibility index (Phi) is 3.74. The summed E-state index contributed by atoms with van der Waals surface area (Å²) >= 11 is 5.30. The molecule has 2 rings (SSSR count). The van der Waals surface area contributed by atoms with Gasteiger partial charge in [0.25, 0.3) is 0 Å². The van der Waals surface area contributed by atoms with Gasteiger partial charge in [0.15, 0.2) is 0 Å². The van der Waals surface area contributed by atoms with Crippen LogP contribution in [-0.2, 0) is 16.1 Å². The third-order valence-corrected chi connectivity index (χ3v) is 3.39. The molecule has 0 saturated carbocycles. The molecular weight excluding hydrogens is 234 g/mol. The molecule has 0 bridgehead atoms. The molecule has 0 aliphatic carbocycles. The van der Waals surface area contributed by atoms with E-state index >= 15 is 0 Å². The normalized spacial score (nSPS) is 19.5. The molecule has 3 nitrogen and oxygen atoms in total. The van der Waals surface area contributed by atoms with Gasteiger partial charge in [-0.05, 0) is 5.56 Å². The minimum Gasteiger partial charge on any atom is -0.469 e. The molecule has 1 fully saturated rings. The van der Waals surface area contributed by atoms with Crippen LogP contribution in [-0.4, -0.2) is 29.5 Å². The van der Waals surface area contributed by atoms with Crippen LogP contribution in [0.5, 0.6) is 0 Å². The Morgan fingerprint density at radius 3 is 2.82 bits per heavy atom. The van der Waals surface area contributed by atoms with Gasteiger partial charge in [-0.1, -0.05) is 42.5 Å². The summed E-state index contributed by atoms with van der Waals surface area (Å²) in [4.78, 5) is 14.4. The Morgan fingerprint density at radius 2 is 2.18 bits per heavy atom. The van der Waals surface area contributed by atoms with E-state index in [1.54, 1.807) is 0 Å². The van der Waals surface area contributed by atoms with Crippen LogP contribution >= 0.6 is 12.2 Å². The summed E-state index contributed by atoms with van der Waals surface area (Å²) in [5.74, 6) is -0.265. The van der Waals surface area contributed by atoms with Gasteiger partial charge in [0.1, 0.15) is 0 Å². The molecule has 1 atom stereocenters. The van der Waals surface area contributed by atoms with Gasteiger partial charge in [0.05, 0.1) is 18.0 Å². The monoisotopic (exact) mass is 249 g/mol. The number of carbonyl (C=O) groups excluding carboxylic acids is 1. The van der Waals surface area contributed by atoms with Crippen molar-refractivity contribution in [2.45, 2.75) is 13.0 Å². The van der Waals surface area contributed by atoms with E-state index in [2.05, 4.69) is 17.0 Å². The van der Waals surface area contributed by atoms with Crippen LogP contribution in [0.4, 0.5) is 0 Å². The van der Waals surface area contributed by atoms with Gasteiger partial charge >= 0.3 is 5.97 Å². The number of hydrogen-bond donors (Lipinski definition) is 0. The van der Waals surface area contributed by atoms with Crippen molar-refractivity contribution in [1.29, 1.82) is 0 Å². The Balaban J connectivity index is 1.99. The maximum absolute atomic E-state index is 11.4. The molecule has 0 N–H and O–H groups in total. The zero-order valence-corrected chi connectivity index (χ0v) is 10.6. The van der Waals surface area contributed by atoms with Gasteiger partial charge in [-0.15, -0.1) is 0 Å². The van der Waals surface area contributed by atoms with Crippen LogP contribution in [0.2, 0.25) is 0 Å². The molecule has 17 heavy (non-hydrogen) atoms. The average molecular weight is 249 g/mol. The smallest absolute Gasteiger partial charge is 0.310 e. The van der Waals surface area contributed by atoms with Gasteiger partial charge < -0.3 is 9.64 Å². The molecule has 0 spiro atoms. The zero-order chi connectivity index (χ0) is 12.3. The first-order chi connectivity index (χ1) is 8.20. The maximum Gasteiger partial charge on any atom is 0.310 e. The first kappa shape index (κ1) is 12.0. The lowest BCUT2D eigenvalue weighted by molar-refractivity contribution is -0.144. The quantitative estimate of drug-likeness (QED) is 0.605. The lowest BCUT2D eigenvalue weighted by Crippen LogP contribution is -2.25. The van der Waals surface area contributed by atoms with E-state index in [0.717, 1.165) is 11.5 Å². The fourth-order valence-electron chi connectivity index (χ4n) is 2.05. The second kappa shape index (κ2) is 5.27. The first-order valence-electron chi connectivity index (χ1n) is 5.60. The fraction of sp³-hybridized carbons (Fsp3) is 0.385. The highest BCUT2D eigenvalue weighted by Crippen LogP contribution is 2.22. The van der Waals surface area contributed by atoms with Gasteiger partial charge in [-0.2, -0.15) is 0 Å². The van der Waals surface area contributed by atoms with Crippen molar-refractivity contribution < 1.29 is 9.53 Å². The van der Waals surface area contributed by atoms with E-state index in [0.29, 0.717) is 13.0 Å². The molecule has 1 aromatic rings. The number of carbonyl (C=O) groups is 1. The summed E-state index contributed by atoms with van der Waals surface area (Å²) in [5, 5.41) is 0. The summed E-state index contributed by atoms with van der Waals surface area (Å²) < 4.78 is 4.76. The first-order valence-corrected chi connectivity index (χ1v) is 6.01. The van der Waals surface area contributed by atoms with Crippen LogP contribution in [0.3, 0.4) is 0 Å². The van der Waals surface area contributed by atoms with E-state index < -0.39 is 0 Å². The molecule has 0 radical (unpaired) electrons. The van der Waals surface area contributed by atoms with Gasteiger partial charge in [-0.3, -0.25) is 4.79 Å². The highest BCUT2D eigenvalue weighted by atomic mass is 32.1. The molecule has 1 aliphatic heterocycles. The van der Waals surface area contributed by atoms with Crippen molar-refractivity contribution in [1.82, 2.24) is 4.90 Å².